The number of nitrogens with zero attached hydrogens (tertiary/aromatic N) is 2. The molecule has 4 rings (SSSR count). The molecule has 0 saturated heterocycles. The highest BCUT2D eigenvalue weighted by atomic mass is 79.9. The highest BCUT2D eigenvalue weighted by Crippen LogP contribution is 2.29. The second kappa shape index (κ2) is 15.4. The Morgan fingerprint density at radius 1 is 0.886 bits per heavy atom. The summed E-state index contributed by atoms with van der Waals surface area (Å²) in [4.78, 5) is 29.7. The summed E-state index contributed by atoms with van der Waals surface area (Å²) in [5.74, 6) is -0.828. The first-order valence-corrected chi connectivity index (χ1v) is 16.9. The van der Waals surface area contributed by atoms with Gasteiger partial charge < -0.3 is 10.2 Å². The molecule has 0 aliphatic heterocycles. The van der Waals surface area contributed by atoms with Crippen LogP contribution in [0.2, 0.25) is 5.02 Å². The van der Waals surface area contributed by atoms with Gasteiger partial charge in [0.2, 0.25) is 11.8 Å². The Bertz CT molecular complexity index is 1690. The number of nitrogens with one attached hydrogen (secondary N) is 1. The van der Waals surface area contributed by atoms with Crippen molar-refractivity contribution >= 4 is 55.1 Å². The van der Waals surface area contributed by atoms with Gasteiger partial charge in [-0.05, 0) is 72.5 Å². The fourth-order valence-electron chi connectivity index (χ4n) is 4.88. The first-order valence-electron chi connectivity index (χ1n) is 14.3. The summed E-state index contributed by atoms with van der Waals surface area (Å²) < 4.78 is 30.1. The number of hydrogen-bond acceptors (Lipinski definition) is 4. The Morgan fingerprint density at radius 3 is 2.18 bits per heavy atom. The maximum atomic E-state index is 14.5. The van der Waals surface area contributed by atoms with Gasteiger partial charge in [0.05, 0.1) is 10.6 Å². The van der Waals surface area contributed by atoms with E-state index in [0.717, 1.165) is 26.3 Å². The van der Waals surface area contributed by atoms with Gasteiger partial charge in [-0.25, -0.2) is 8.42 Å². The first kappa shape index (κ1) is 33.2. The second-order valence-electron chi connectivity index (χ2n) is 10.4. The van der Waals surface area contributed by atoms with Crippen molar-refractivity contribution in [2.75, 3.05) is 17.4 Å². The molecule has 0 aliphatic rings. The molecule has 230 valence electrons. The molecule has 7 nitrogen and oxygen atoms in total. The van der Waals surface area contributed by atoms with E-state index in [2.05, 4.69) is 21.2 Å². The molecule has 1 atom stereocenters. The van der Waals surface area contributed by atoms with E-state index in [4.69, 9.17) is 11.6 Å². The van der Waals surface area contributed by atoms with Crippen molar-refractivity contribution in [3.05, 3.63) is 129 Å². The molecular formula is C34H35BrClN3O4S. The molecule has 1 N–H and O–H groups in total. The van der Waals surface area contributed by atoms with E-state index in [1.54, 1.807) is 43.3 Å². The zero-order chi connectivity index (χ0) is 31.7. The molecule has 0 aromatic heterocycles. The monoisotopic (exact) mass is 695 g/mol. The van der Waals surface area contributed by atoms with Crippen LogP contribution < -0.4 is 9.62 Å². The number of aryl methyl sites for hydroxylation is 1. The van der Waals surface area contributed by atoms with Gasteiger partial charge in [0.15, 0.2) is 0 Å². The van der Waals surface area contributed by atoms with Gasteiger partial charge >= 0.3 is 0 Å². The van der Waals surface area contributed by atoms with Gasteiger partial charge in [-0.3, -0.25) is 13.9 Å². The molecule has 0 radical (unpaired) electrons. The lowest BCUT2D eigenvalue weighted by Gasteiger charge is -2.34. The highest BCUT2D eigenvalue weighted by Gasteiger charge is 2.35. The molecule has 10 heteroatoms. The third-order valence-electron chi connectivity index (χ3n) is 7.10. The fraction of sp³-hybridized carbons (Fsp3) is 0.235. The van der Waals surface area contributed by atoms with Crippen LogP contribution in [0, 0.1) is 6.92 Å². The molecule has 44 heavy (non-hydrogen) atoms. The molecule has 4 aromatic rings. The van der Waals surface area contributed by atoms with Crippen LogP contribution in [0.4, 0.5) is 5.69 Å². The maximum Gasteiger partial charge on any atom is 0.264 e. The van der Waals surface area contributed by atoms with Crippen LogP contribution in [-0.4, -0.2) is 44.3 Å². The molecular weight excluding hydrogens is 662 g/mol. The van der Waals surface area contributed by atoms with Crippen molar-refractivity contribution in [3.8, 4) is 0 Å². The third kappa shape index (κ3) is 8.49. The molecule has 0 aliphatic carbocycles. The summed E-state index contributed by atoms with van der Waals surface area (Å²) >= 11 is 9.71. The van der Waals surface area contributed by atoms with Crippen molar-refractivity contribution in [1.82, 2.24) is 10.2 Å². The van der Waals surface area contributed by atoms with Gasteiger partial charge in [0.25, 0.3) is 10.0 Å². The molecule has 0 spiro atoms. The molecule has 0 saturated carbocycles. The number of rotatable bonds is 13. The average Bonchev–Trinajstić information content (AvgIpc) is 3.01. The number of hydrogen-bond donors (Lipinski definition) is 1. The predicted molar refractivity (Wildman–Crippen MR) is 179 cm³/mol. The number of amides is 2. The largest absolute Gasteiger partial charge is 0.354 e. The van der Waals surface area contributed by atoms with Crippen LogP contribution in [0.15, 0.2) is 112 Å². The molecule has 0 fully saturated rings. The predicted octanol–water partition coefficient (Wildman–Crippen LogP) is 6.77. The van der Waals surface area contributed by atoms with E-state index >= 15 is 0 Å². The number of sulfonamides is 1. The summed E-state index contributed by atoms with van der Waals surface area (Å²) in [6, 6.07) is 28.9. The standard InChI is InChI=1S/C34H35BrClN3O4S/c1-3-19-37-34(41)32(22-26-11-6-4-7-12-26)38(23-27-13-10-14-28(35)21-27)33(40)24-39(31-18-17-29(36)20-25(31)2)44(42,43)30-15-8-5-9-16-30/h4-18,20-21,32H,3,19,22-24H2,1-2H3,(H,37,41)/t32-/m0/s1. The van der Waals surface area contributed by atoms with Gasteiger partial charge in [-0.1, -0.05) is 95.1 Å². The van der Waals surface area contributed by atoms with Gasteiger partial charge in [0.1, 0.15) is 12.6 Å². The fourth-order valence-corrected chi connectivity index (χ4v) is 7.06. The summed E-state index contributed by atoms with van der Waals surface area (Å²) in [6.07, 6.45) is 0.976. The minimum atomic E-state index is -4.18. The van der Waals surface area contributed by atoms with Crippen molar-refractivity contribution in [2.24, 2.45) is 0 Å². The topological polar surface area (TPSA) is 86.8 Å². The second-order valence-corrected chi connectivity index (χ2v) is 13.6. The Balaban J connectivity index is 1.81. The van der Waals surface area contributed by atoms with Crippen molar-refractivity contribution in [2.45, 2.75) is 44.2 Å². The van der Waals surface area contributed by atoms with E-state index in [1.165, 1.54) is 17.0 Å². The van der Waals surface area contributed by atoms with E-state index in [1.807, 2.05) is 61.5 Å². The summed E-state index contributed by atoms with van der Waals surface area (Å²) in [5, 5.41) is 3.40. The number of halogens is 2. The van der Waals surface area contributed by atoms with Gasteiger partial charge in [-0.15, -0.1) is 0 Å². The van der Waals surface area contributed by atoms with Crippen molar-refractivity contribution in [1.29, 1.82) is 0 Å². The minimum absolute atomic E-state index is 0.0437. The van der Waals surface area contributed by atoms with E-state index in [-0.39, 0.29) is 23.8 Å². The van der Waals surface area contributed by atoms with Crippen molar-refractivity contribution in [3.63, 3.8) is 0 Å². The van der Waals surface area contributed by atoms with Crippen LogP contribution in [0.1, 0.15) is 30.0 Å². The normalized spacial score (nSPS) is 11.9. The molecule has 0 unspecified atom stereocenters. The zero-order valence-electron chi connectivity index (χ0n) is 24.6. The highest BCUT2D eigenvalue weighted by molar-refractivity contribution is 9.10. The van der Waals surface area contributed by atoms with Crippen LogP contribution in [0.3, 0.4) is 0 Å². The van der Waals surface area contributed by atoms with Gasteiger partial charge in [-0.2, -0.15) is 0 Å². The van der Waals surface area contributed by atoms with Crippen LogP contribution in [0.25, 0.3) is 0 Å². The molecule has 4 aromatic carbocycles. The van der Waals surface area contributed by atoms with E-state index in [0.29, 0.717) is 22.8 Å². The third-order valence-corrected chi connectivity index (χ3v) is 9.60. The zero-order valence-corrected chi connectivity index (χ0v) is 27.8. The Labute approximate surface area is 273 Å². The quantitative estimate of drug-likeness (QED) is 0.167. The Hall–Kier alpha value is -3.66. The summed E-state index contributed by atoms with van der Waals surface area (Å²) in [5.41, 5.74) is 2.57. The lowest BCUT2D eigenvalue weighted by Crippen LogP contribution is -2.53. The average molecular weight is 697 g/mol. The molecule has 2 amide bonds. The molecule has 0 heterocycles. The number of benzene rings is 4. The lowest BCUT2D eigenvalue weighted by molar-refractivity contribution is -0.140. The van der Waals surface area contributed by atoms with Crippen molar-refractivity contribution < 1.29 is 18.0 Å². The smallest absolute Gasteiger partial charge is 0.264 e. The minimum Gasteiger partial charge on any atom is -0.354 e. The Morgan fingerprint density at radius 2 is 1.55 bits per heavy atom. The van der Waals surface area contributed by atoms with E-state index in [9.17, 15) is 18.0 Å². The van der Waals surface area contributed by atoms with Crippen LogP contribution in [-0.2, 0) is 32.6 Å². The summed E-state index contributed by atoms with van der Waals surface area (Å²) in [6.45, 7) is 3.71. The molecule has 0 bridgehead atoms. The maximum absolute atomic E-state index is 14.5. The lowest BCUT2D eigenvalue weighted by atomic mass is 10.0. The van der Waals surface area contributed by atoms with Crippen LogP contribution in [0.5, 0.6) is 0 Å². The SMILES string of the molecule is CCCNC(=O)[C@H](Cc1ccccc1)N(Cc1cccc(Br)c1)C(=O)CN(c1ccc(Cl)cc1C)S(=O)(=O)c1ccccc1. The number of anilines is 1. The van der Waals surface area contributed by atoms with Crippen LogP contribution >= 0.6 is 27.5 Å². The van der Waals surface area contributed by atoms with E-state index < -0.39 is 28.5 Å². The van der Waals surface area contributed by atoms with Gasteiger partial charge in [0, 0.05) is 29.0 Å². The number of carbonyl (C=O) groups excluding carboxylic acids is 2. The number of carbonyl (C=O) groups is 2. The summed E-state index contributed by atoms with van der Waals surface area (Å²) in [7, 11) is -4.18. The first-order chi connectivity index (χ1) is 21.1. The Kier molecular flexibility index (Phi) is 11.6.